The summed E-state index contributed by atoms with van der Waals surface area (Å²) in [7, 11) is 0. The van der Waals surface area contributed by atoms with Gasteiger partial charge in [-0.25, -0.2) is 0 Å². The minimum absolute atomic E-state index is 0.0123. The van der Waals surface area contributed by atoms with Gasteiger partial charge in [0.15, 0.2) is 0 Å². The molecule has 1 aromatic heterocycles. The normalized spacial score (nSPS) is 13.7. The second-order valence-electron chi connectivity index (χ2n) is 25.8. The predicted molar refractivity (Wildman–Crippen MR) is 339 cm³/mol. The van der Waals surface area contributed by atoms with E-state index in [1.54, 1.807) is 0 Å². The summed E-state index contributed by atoms with van der Waals surface area (Å²) >= 11 is 1.98. The number of benzene rings is 10. The van der Waals surface area contributed by atoms with Crippen LogP contribution in [0.15, 0.2) is 188 Å². The second-order valence-corrected chi connectivity index (χ2v) is 26.9. The molecule has 3 heterocycles. The molecular formula is C73H69BN2S. The summed E-state index contributed by atoms with van der Waals surface area (Å²) in [6, 6.07) is 73.0. The first-order valence-corrected chi connectivity index (χ1v) is 28.7. The summed E-state index contributed by atoms with van der Waals surface area (Å²) in [4.78, 5) is 5.26. The molecule has 0 fully saturated rings. The summed E-state index contributed by atoms with van der Waals surface area (Å²) in [5.74, 6) is 0. The number of rotatable bonds is 6. The number of anilines is 6. The van der Waals surface area contributed by atoms with Gasteiger partial charge < -0.3 is 9.80 Å². The zero-order valence-corrected chi connectivity index (χ0v) is 47.8. The van der Waals surface area contributed by atoms with E-state index < -0.39 is 0 Å². The maximum Gasteiger partial charge on any atom is 0.264 e. The van der Waals surface area contributed by atoms with Crippen LogP contribution in [0.4, 0.5) is 34.1 Å². The van der Waals surface area contributed by atoms with Crippen molar-refractivity contribution in [2.45, 2.75) is 111 Å². The number of nitrogens with zero attached hydrogens (tertiary/aromatic N) is 2. The molecule has 0 saturated carbocycles. The Morgan fingerprint density at radius 2 is 0.922 bits per heavy atom. The highest BCUT2D eigenvalue weighted by Crippen LogP contribution is 2.51. The van der Waals surface area contributed by atoms with Crippen LogP contribution in [0.5, 0.6) is 0 Å². The molecule has 0 N–H and O–H groups in total. The highest BCUT2D eigenvalue weighted by Gasteiger charge is 2.46. The van der Waals surface area contributed by atoms with Crippen molar-refractivity contribution in [1.82, 2.24) is 0 Å². The molecule has 11 aromatic rings. The molecule has 2 aliphatic rings. The fourth-order valence-electron chi connectivity index (χ4n) is 12.5. The van der Waals surface area contributed by atoms with E-state index in [4.69, 9.17) is 0 Å². The van der Waals surface area contributed by atoms with Crippen LogP contribution >= 0.6 is 11.3 Å². The van der Waals surface area contributed by atoms with Crippen LogP contribution in [0, 0.1) is 0 Å². The van der Waals surface area contributed by atoms with E-state index >= 15 is 0 Å². The molecule has 0 saturated heterocycles. The van der Waals surface area contributed by atoms with Gasteiger partial charge in [-0.2, -0.15) is 0 Å². The van der Waals surface area contributed by atoms with E-state index in [0.717, 1.165) is 6.42 Å². The first-order chi connectivity index (χ1) is 36.8. The lowest BCUT2D eigenvalue weighted by Crippen LogP contribution is -2.60. The van der Waals surface area contributed by atoms with Crippen molar-refractivity contribution in [3.05, 3.63) is 210 Å². The Hall–Kier alpha value is -7.40. The lowest BCUT2D eigenvalue weighted by Gasteiger charge is -2.43. The second kappa shape index (κ2) is 17.6. The minimum Gasteiger partial charge on any atom is -0.311 e. The minimum atomic E-state index is -0.0762. The van der Waals surface area contributed by atoms with Crippen LogP contribution in [0.3, 0.4) is 0 Å². The number of hydrogen-bond acceptors (Lipinski definition) is 3. The standard InChI is InChI=1S/C73H69BN2S/c1-13-73(11,12)48-30-34-52(35-31-48)75-64-26-19-27-65-67(64)74(69-68(75)60-44-51(72(8,9)10)33-39-66(60)77-69)61-42-46(45-20-18-21-49(40-45)70(2,3)4)29-37-63(61)76(65)62-38-32-50(71(5,6)7)43-58(62)47-28-36-57-55-24-15-14-22-53(55)54-23-16-17-25-56(54)59(57)41-47/h14-44H,13H2,1-12H3. The Morgan fingerprint density at radius 3 is 1.57 bits per heavy atom. The highest BCUT2D eigenvalue weighted by atomic mass is 32.1. The number of thiophene rings is 1. The van der Waals surface area contributed by atoms with Crippen LogP contribution < -0.4 is 25.5 Å². The van der Waals surface area contributed by atoms with Gasteiger partial charge in [0.2, 0.25) is 0 Å². The topological polar surface area (TPSA) is 6.48 Å². The lowest BCUT2D eigenvalue weighted by molar-refractivity contribution is 0.506. The van der Waals surface area contributed by atoms with Gasteiger partial charge in [0, 0.05) is 43.2 Å². The monoisotopic (exact) mass is 1020 g/mol. The number of hydrogen-bond donors (Lipinski definition) is 0. The Kier molecular flexibility index (Phi) is 11.2. The largest absolute Gasteiger partial charge is 0.311 e. The van der Waals surface area contributed by atoms with Crippen molar-refractivity contribution in [3.8, 4) is 22.3 Å². The van der Waals surface area contributed by atoms with Gasteiger partial charge in [0.1, 0.15) is 0 Å². The average Bonchev–Trinajstić information content (AvgIpc) is 4.04. The van der Waals surface area contributed by atoms with Crippen molar-refractivity contribution in [2.75, 3.05) is 9.80 Å². The Morgan fingerprint density at radius 1 is 0.390 bits per heavy atom. The van der Waals surface area contributed by atoms with Gasteiger partial charge in [-0.15, -0.1) is 11.3 Å². The molecule has 2 aliphatic heterocycles. The zero-order chi connectivity index (χ0) is 53.5. The molecule has 4 heteroatoms. The van der Waals surface area contributed by atoms with E-state index in [-0.39, 0.29) is 28.4 Å². The predicted octanol–water partition coefficient (Wildman–Crippen LogP) is 19.4. The fourth-order valence-corrected chi connectivity index (χ4v) is 13.8. The van der Waals surface area contributed by atoms with Gasteiger partial charge >= 0.3 is 0 Å². The molecule has 0 unspecified atom stereocenters. The van der Waals surface area contributed by atoms with E-state index in [1.165, 1.54) is 137 Å². The molecule has 2 nitrogen and oxygen atoms in total. The molecule has 0 radical (unpaired) electrons. The molecule has 0 spiro atoms. The van der Waals surface area contributed by atoms with Gasteiger partial charge in [-0.1, -0.05) is 210 Å². The van der Waals surface area contributed by atoms with E-state index in [2.05, 4.69) is 281 Å². The van der Waals surface area contributed by atoms with Crippen molar-refractivity contribution in [2.24, 2.45) is 0 Å². The Bertz CT molecular complexity index is 4160. The molecule has 10 aromatic carbocycles. The van der Waals surface area contributed by atoms with Crippen LogP contribution in [0.25, 0.3) is 64.7 Å². The summed E-state index contributed by atoms with van der Waals surface area (Å²) < 4.78 is 2.71. The third kappa shape index (κ3) is 7.95. The molecule has 0 atom stereocenters. The van der Waals surface area contributed by atoms with Crippen LogP contribution in [0.1, 0.15) is 112 Å². The van der Waals surface area contributed by atoms with Crippen molar-refractivity contribution < 1.29 is 0 Å². The third-order valence-electron chi connectivity index (χ3n) is 17.5. The van der Waals surface area contributed by atoms with Crippen molar-refractivity contribution in [1.29, 1.82) is 0 Å². The first kappa shape index (κ1) is 49.2. The van der Waals surface area contributed by atoms with Gasteiger partial charge in [0.05, 0.1) is 11.4 Å². The zero-order valence-electron chi connectivity index (χ0n) is 47.0. The molecule has 77 heavy (non-hydrogen) atoms. The molecule has 380 valence electrons. The van der Waals surface area contributed by atoms with Crippen molar-refractivity contribution >= 4 is 110 Å². The summed E-state index contributed by atoms with van der Waals surface area (Å²) in [6.07, 6.45) is 1.07. The molecular weight excluding hydrogens is 948 g/mol. The molecule has 13 rings (SSSR count). The quantitative estimate of drug-likeness (QED) is 0.121. The summed E-state index contributed by atoms with van der Waals surface area (Å²) in [5, 5.41) is 9.03. The van der Waals surface area contributed by atoms with E-state index in [1.807, 2.05) is 11.3 Å². The maximum atomic E-state index is 2.63. The molecule has 0 aliphatic carbocycles. The van der Waals surface area contributed by atoms with Gasteiger partial charge in [-0.3, -0.25) is 0 Å². The van der Waals surface area contributed by atoms with Gasteiger partial charge in [-0.05, 0) is 171 Å². The summed E-state index contributed by atoms with van der Waals surface area (Å²) in [6.45, 7) is 28.0. The first-order valence-electron chi connectivity index (χ1n) is 27.9. The highest BCUT2D eigenvalue weighted by molar-refractivity contribution is 7.33. The van der Waals surface area contributed by atoms with Crippen LogP contribution in [0.2, 0.25) is 0 Å². The smallest absolute Gasteiger partial charge is 0.264 e. The summed E-state index contributed by atoms with van der Waals surface area (Å²) in [5.41, 5.74) is 20.3. The Balaban J connectivity index is 1.11. The van der Waals surface area contributed by atoms with E-state index in [9.17, 15) is 0 Å². The van der Waals surface area contributed by atoms with Crippen LogP contribution in [-0.2, 0) is 21.7 Å². The number of fused-ring (bicyclic) bond motifs is 12. The lowest BCUT2D eigenvalue weighted by atomic mass is 9.36. The fraction of sp³-hybridized carbons (Fsp3) is 0.233. The maximum absolute atomic E-state index is 2.63. The van der Waals surface area contributed by atoms with E-state index in [0.29, 0.717) is 0 Å². The third-order valence-corrected chi connectivity index (χ3v) is 18.7. The van der Waals surface area contributed by atoms with Gasteiger partial charge in [0.25, 0.3) is 6.71 Å². The molecule has 0 bridgehead atoms. The average molecular weight is 1020 g/mol. The molecule has 0 amide bonds. The Labute approximate surface area is 461 Å². The van der Waals surface area contributed by atoms with Crippen LogP contribution in [-0.4, -0.2) is 6.71 Å². The van der Waals surface area contributed by atoms with Crippen molar-refractivity contribution in [3.63, 3.8) is 0 Å². The SMILES string of the molecule is CCC(C)(C)c1ccc(N2c3cccc4c3B(c3cc(-c5cccc(C(C)(C)C)c5)ccc3N4c3ccc(C(C)(C)C)cc3-c3ccc4c5ccccc5c5ccccc5c4c3)c3sc4ccc(C(C)(C)C)cc4c32)cc1.